The fraction of sp³-hybridized carbons (Fsp3) is 0.154. The summed E-state index contributed by atoms with van der Waals surface area (Å²) >= 11 is -0.556. The van der Waals surface area contributed by atoms with E-state index in [1.807, 2.05) is 13.8 Å². The van der Waals surface area contributed by atoms with Gasteiger partial charge in [0.1, 0.15) is 0 Å². The van der Waals surface area contributed by atoms with Crippen LogP contribution in [-0.2, 0) is 22.6 Å². The molecule has 4 aromatic rings. The fourth-order valence-electron chi connectivity index (χ4n) is 4.70. The van der Waals surface area contributed by atoms with E-state index >= 15 is 0 Å². The molecular formula is C26H22Cl2OTi. The van der Waals surface area contributed by atoms with E-state index in [2.05, 4.69) is 84.9 Å². The molecule has 0 aromatic heterocycles. The Kier molecular flexibility index (Phi) is 6.39. The van der Waals surface area contributed by atoms with Crippen molar-refractivity contribution >= 4 is 29.4 Å². The van der Waals surface area contributed by atoms with Crippen LogP contribution in [0.3, 0.4) is 0 Å². The molecule has 4 aromatic carbocycles. The first kappa shape index (κ1) is 21.6. The molecule has 1 N–H and O–H groups in total. The molecule has 1 aliphatic carbocycles. The molecule has 0 saturated carbocycles. The molecule has 150 valence electrons. The van der Waals surface area contributed by atoms with Gasteiger partial charge in [-0.3, -0.25) is 0 Å². The molecule has 0 radical (unpaired) electrons. The summed E-state index contributed by atoms with van der Waals surface area (Å²) in [5.41, 5.74) is 6.53. The van der Waals surface area contributed by atoms with Gasteiger partial charge in [0.15, 0.2) is 0 Å². The predicted molar refractivity (Wildman–Crippen MR) is 124 cm³/mol. The van der Waals surface area contributed by atoms with Crippen LogP contribution in [0.15, 0.2) is 84.9 Å². The van der Waals surface area contributed by atoms with Crippen molar-refractivity contribution in [3.05, 3.63) is 107 Å². The average molecular weight is 469 g/mol. The van der Waals surface area contributed by atoms with Gasteiger partial charge >= 0.3 is 35.6 Å². The van der Waals surface area contributed by atoms with Gasteiger partial charge in [-0.05, 0) is 58.0 Å². The maximum absolute atomic E-state index is 11.1. The maximum atomic E-state index is 11.1. The Morgan fingerprint density at radius 2 is 1.20 bits per heavy atom. The molecule has 0 bridgehead atoms. The van der Waals surface area contributed by atoms with Crippen molar-refractivity contribution in [2.75, 3.05) is 0 Å². The summed E-state index contributed by atoms with van der Waals surface area (Å²) in [6.07, 6.45) is 0. The SMILES string of the molecule is CC(C)(O)c1c(C2c3ccccc3-c3ccccc32)ccc2ccccc12.[Cl][Ti][Cl]. The van der Waals surface area contributed by atoms with Gasteiger partial charge in [0.2, 0.25) is 0 Å². The van der Waals surface area contributed by atoms with Crippen molar-refractivity contribution in [1.82, 2.24) is 0 Å². The van der Waals surface area contributed by atoms with E-state index < -0.39 is 22.6 Å². The Labute approximate surface area is 194 Å². The topological polar surface area (TPSA) is 20.2 Å². The van der Waals surface area contributed by atoms with Crippen LogP contribution in [0.5, 0.6) is 0 Å². The third kappa shape index (κ3) is 3.86. The van der Waals surface area contributed by atoms with Gasteiger partial charge in [0.05, 0.1) is 5.60 Å². The van der Waals surface area contributed by atoms with E-state index in [-0.39, 0.29) is 5.92 Å². The standard InChI is InChI=1S/C26H22O.2ClH.Ti/c1-26(2,27)25-18-10-4-3-9-17(18)15-16-23(25)24-21-13-7-5-11-19(21)20-12-6-8-14-22(20)24;;;/h3-16,24,27H,1-2H3;2*1H;/q;;;+2/p-2. The Morgan fingerprint density at radius 1 is 0.700 bits per heavy atom. The molecular weight excluding hydrogens is 447 g/mol. The molecule has 1 nitrogen and oxygen atoms in total. The molecule has 30 heavy (non-hydrogen) atoms. The second kappa shape index (κ2) is 8.87. The zero-order valence-electron chi connectivity index (χ0n) is 16.9. The summed E-state index contributed by atoms with van der Waals surface area (Å²) in [5, 5.41) is 13.4. The third-order valence-electron chi connectivity index (χ3n) is 5.72. The minimum absolute atomic E-state index is 0.142. The molecule has 0 atom stereocenters. The summed E-state index contributed by atoms with van der Waals surface area (Å²) in [6, 6.07) is 30.0. The van der Waals surface area contributed by atoms with Crippen LogP contribution in [0.2, 0.25) is 0 Å². The second-order valence-electron chi connectivity index (χ2n) is 7.99. The van der Waals surface area contributed by atoms with Crippen LogP contribution in [0.25, 0.3) is 21.9 Å². The summed E-state index contributed by atoms with van der Waals surface area (Å²) < 4.78 is 0. The van der Waals surface area contributed by atoms with Crippen LogP contribution < -0.4 is 0 Å². The Bertz CT molecular complexity index is 1150. The number of fused-ring (bicyclic) bond motifs is 4. The van der Waals surface area contributed by atoms with Gasteiger partial charge in [0.25, 0.3) is 0 Å². The third-order valence-corrected chi connectivity index (χ3v) is 5.72. The van der Waals surface area contributed by atoms with Crippen molar-refractivity contribution in [3.63, 3.8) is 0 Å². The molecule has 4 heteroatoms. The zero-order valence-corrected chi connectivity index (χ0v) is 19.9. The van der Waals surface area contributed by atoms with Gasteiger partial charge in [-0.1, -0.05) is 84.9 Å². The van der Waals surface area contributed by atoms with Crippen LogP contribution in [0.1, 0.15) is 42.0 Å². The van der Waals surface area contributed by atoms with Crippen LogP contribution in [0, 0.1) is 0 Å². The summed E-state index contributed by atoms with van der Waals surface area (Å²) in [7, 11) is 9.78. The van der Waals surface area contributed by atoms with Crippen molar-refractivity contribution in [3.8, 4) is 11.1 Å². The van der Waals surface area contributed by atoms with Crippen molar-refractivity contribution in [2.24, 2.45) is 0 Å². The number of aliphatic hydroxyl groups is 1. The number of hydrogen-bond donors (Lipinski definition) is 1. The first-order valence-corrected chi connectivity index (χ1v) is 14.2. The molecule has 0 fully saturated rings. The van der Waals surface area contributed by atoms with E-state index in [0.29, 0.717) is 0 Å². The second-order valence-corrected chi connectivity index (χ2v) is 10.6. The fourth-order valence-corrected chi connectivity index (χ4v) is 4.70. The van der Waals surface area contributed by atoms with E-state index in [0.717, 1.165) is 16.3 Å². The molecule has 0 spiro atoms. The quantitative estimate of drug-likeness (QED) is 0.264. The van der Waals surface area contributed by atoms with Crippen molar-refractivity contribution < 1.29 is 22.1 Å². The van der Waals surface area contributed by atoms with Gasteiger partial charge in [-0.15, -0.1) is 0 Å². The van der Waals surface area contributed by atoms with Gasteiger partial charge in [0, 0.05) is 5.92 Å². The molecule has 5 rings (SSSR count). The predicted octanol–water partition coefficient (Wildman–Crippen LogP) is 7.60. The van der Waals surface area contributed by atoms with Crippen molar-refractivity contribution in [2.45, 2.75) is 25.4 Å². The van der Waals surface area contributed by atoms with Gasteiger partial charge in [-0.2, -0.15) is 0 Å². The summed E-state index contributed by atoms with van der Waals surface area (Å²) in [4.78, 5) is 0. The van der Waals surface area contributed by atoms with Gasteiger partial charge in [-0.25, -0.2) is 0 Å². The normalized spacial score (nSPS) is 12.7. The monoisotopic (exact) mass is 468 g/mol. The Hall–Kier alpha value is -1.61. The number of halogens is 2. The first-order chi connectivity index (χ1) is 14.5. The first-order valence-electron chi connectivity index (χ1n) is 9.86. The molecule has 0 unspecified atom stereocenters. The van der Waals surface area contributed by atoms with Crippen LogP contribution in [0.4, 0.5) is 0 Å². The van der Waals surface area contributed by atoms with E-state index in [9.17, 15) is 5.11 Å². The van der Waals surface area contributed by atoms with Crippen LogP contribution in [-0.4, -0.2) is 5.11 Å². The summed E-state index contributed by atoms with van der Waals surface area (Å²) in [6.45, 7) is 3.79. The average Bonchev–Trinajstić information content (AvgIpc) is 3.07. The zero-order chi connectivity index (χ0) is 21.3. The molecule has 0 saturated heterocycles. The number of benzene rings is 4. The van der Waals surface area contributed by atoms with E-state index in [1.54, 1.807) is 0 Å². The van der Waals surface area contributed by atoms with Crippen molar-refractivity contribution in [1.29, 1.82) is 0 Å². The molecule has 0 amide bonds. The summed E-state index contributed by atoms with van der Waals surface area (Å²) in [5.74, 6) is 0.142. The van der Waals surface area contributed by atoms with E-state index in [1.165, 1.54) is 27.8 Å². The van der Waals surface area contributed by atoms with E-state index in [4.69, 9.17) is 18.6 Å². The van der Waals surface area contributed by atoms with Gasteiger partial charge < -0.3 is 5.11 Å². The molecule has 0 heterocycles. The number of rotatable bonds is 2. The molecule has 1 aliphatic rings. The minimum atomic E-state index is -0.928. The molecule has 0 aliphatic heterocycles. The number of hydrogen-bond acceptors (Lipinski definition) is 1. The van der Waals surface area contributed by atoms with Crippen LogP contribution >= 0.6 is 18.6 Å². The Morgan fingerprint density at radius 3 is 1.77 bits per heavy atom. The Balaban J connectivity index is 0.000000687.